The fourth-order valence-electron chi connectivity index (χ4n) is 3.14. The molecule has 132 valence electrons. The number of unbranched alkanes of at least 4 members (excludes halogenated alkanes) is 6. The summed E-state index contributed by atoms with van der Waals surface area (Å²) >= 11 is 0. The molecule has 0 saturated carbocycles. The maximum Gasteiger partial charge on any atom is 0.149 e. The van der Waals surface area contributed by atoms with E-state index in [1.54, 1.807) is 0 Å². The third kappa shape index (κ3) is 6.78. The summed E-state index contributed by atoms with van der Waals surface area (Å²) in [6, 6.07) is 0. The van der Waals surface area contributed by atoms with E-state index in [0.717, 1.165) is 38.5 Å². The monoisotopic (exact) mass is 314 g/mol. The zero-order valence-corrected chi connectivity index (χ0v) is 15.3. The number of hydrogen-bond donors (Lipinski definition) is 2. The van der Waals surface area contributed by atoms with Crippen molar-refractivity contribution < 1.29 is 15.0 Å². The maximum atomic E-state index is 13.0. The highest BCUT2D eigenvalue weighted by Gasteiger charge is 2.43. The van der Waals surface area contributed by atoms with Gasteiger partial charge in [-0.2, -0.15) is 0 Å². The van der Waals surface area contributed by atoms with Gasteiger partial charge < -0.3 is 10.2 Å². The van der Waals surface area contributed by atoms with Crippen LogP contribution in [0.2, 0.25) is 0 Å². The normalized spacial score (nSPS) is 17.0. The van der Waals surface area contributed by atoms with Crippen molar-refractivity contribution in [3.63, 3.8) is 0 Å². The Labute approximate surface area is 137 Å². The number of aliphatic hydroxyl groups is 2. The van der Waals surface area contributed by atoms with Gasteiger partial charge in [0.15, 0.2) is 0 Å². The van der Waals surface area contributed by atoms with Crippen molar-refractivity contribution in [2.75, 3.05) is 13.2 Å². The lowest BCUT2D eigenvalue weighted by molar-refractivity contribution is -0.143. The Balaban J connectivity index is 4.70. The second-order valence-corrected chi connectivity index (χ2v) is 7.39. The summed E-state index contributed by atoms with van der Waals surface area (Å²) in [4.78, 5) is 13.0. The average Bonchev–Trinajstić information content (AvgIpc) is 2.54. The minimum absolute atomic E-state index is 0.0398. The lowest BCUT2D eigenvalue weighted by Gasteiger charge is -2.36. The van der Waals surface area contributed by atoms with Crippen LogP contribution in [0.15, 0.2) is 0 Å². The highest BCUT2D eigenvalue weighted by Crippen LogP contribution is 2.37. The van der Waals surface area contributed by atoms with Crippen LogP contribution in [0, 0.1) is 10.8 Å². The largest absolute Gasteiger partial charge is 0.395 e. The first-order valence-corrected chi connectivity index (χ1v) is 9.17. The van der Waals surface area contributed by atoms with Gasteiger partial charge in [-0.05, 0) is 12.8 Å². The van der Waals surface area contributed by atoms with Crippen molar-refractivity contribution in [1.29, 1.82) is 0 Å². The highest BCUT2D eigenvalue weighted by molar-refractivity contribution is 5.90. The van der Waals surface area contributed by atoms with E-state index in [4.69, 9.17) is 0 Å². The van der Waals surface area contributed by atoms with Crippen molar-refractivity contribution in [2.24, 2.45) is 10.8 Å². The summed E-state index contributed by atoms with van der Waals surface area (Å²) in [6.07, 6.45) is 10.2. The second kappa shape index (κ2) is 11.2. The van der Waals surface area contributed by atoms with Crippen LogP contribution in [0.1, 0.15) is 91.9 Å². The fraction of sp³-hybridized carbons (Fsp3) is 0.947. The number of ketones is 1. The molecule has 0 bridgehead atoms. The molecule has 0 fully saturated rings. The quantitative estimate of drug-likeness (QED) is 0.464. The Morgan fingerprint density at radius 3 is 1.36 bits per heavy atom. The van der Waals surface area contributed by atoms with Gasteiger partial charge >= 0.3 is 0 Å². The molecule has 2 atom stereocenters. The van der Waals surface area contributed by atoms with Crippen LogP contribution in [-0.4, -0.2) is 29.2 Å². The van der Waals surface area contributed by atoms with Crippen molar-refractivity contribution >= 4 is 5.78 Å². The van der Waals surface area contributed by atoms with Gasteiger partial charge in [0.25, 0.3) is 0 Å². The van der Waals surface area contributed by atoms with E-state index in [1.807, 2.05) is 13.8 Å². The van der Waals surface area contributed by atoms with E-state index in [2.05, 4.69) is 13.8 Å². The lowest BCUT2D eigenvalue weighted by atomic mass is 9.68. The van der Waals surface area contributed by atoms with Gasteiger partial charge in [0, 0.05) is 10.8 Å². The van der Waals surface area contributed by atoms with Crippen LogP contribution < -0.4 is 0 Å². The molecule has 0 aliphatic heterocycles. The first-order valence-electron chi connectivity index (χ1n) is 9.17. The van der Waals surface area contributed by atoms with Gasteiger partial charge in [-0.15, -0.1) is 0 Å². The highest BCUT2D eigenvalue weighted by atomic mass is 16.3. The van der Waals surface area contributed by atoms with Crippen molar-refractivity contribution in [2.45, 2.75) is 91.9 Å². The van der Waals surface area contributed by atoms with Gasteiger partial charge in [0.2, 0.25) is 0 Å². The molecule has 0 amide bonds. The molecule has 0 aliphatic carbocycles. The zero-order valence-electron chi connectivity index (χ0n) is 15.3. The average molecular weight is 315 g/mol. The van der Waals surface area contributed by atoms with Gasteiger partial charge in [0.1, 0.15) is 5.78 Å². The van der Waals surface area contributed by atoms with Crippen LogP contribution in [0.5, 0.6) is 0 Å². The molecular weight excluding hydrogens is 276 g/mol. The van der Waals surface area contributed by atoms with Gasteiger partial charge in [-0.1, -0.05) is 79.1 Å². The molecular formula is C19H38O3. The minimum Gasteiger partial charge on any atom is -0.395 e. The zero-order chi connectivity index (χ0) is 17.1. The van der Waals surface area contributed by atoms with Crippen molar-refractivity contribution in [3.8, 4) is 0 Å². The van der Waals surface area contributed by atoms with Crippen LogP contribution in [0.25, 0.3) is 0 Å². The Hall–Kier alpha value is -0.410. The van der Waals surface area contributed by atoms with Crippen LogP contribution in [-0.2, 0) is 4.79 Å². The Kier molecular flexibility index (Phi) is 11.0. The molecule has 2 unspecified atom stereocenters. The van der Waals surface area contributed by atoms with Crippen molar-refractivity contribution in [1.82, 2.24) is 0 Å². The summed E-state index contributed by atoms with van der Waals surface area (Å²) in [5, 5.41) is 19.6. The smallest absolute Gasteiger partial charge is 0.149 e. The molecule has 0 saturated heterocycles. The summed E-state index contributed by atoms with van der Waals surface area (Å²) in [5.74, 6) is 0.0398. The third-order valence-corrected chi connectivity index (χ3v) is 4.96. The molecule has 0 heterocycles. The Morgan fingerprint density at radius 1 is 0.727 bits per heavy atom. The summed E-state index contributed by atoms with van der Waals surface area (Å²) in [5.41, 5.74) is -1.42. The van der Waals surface area contributed by atoms with Gasteiger partial charge in [-0.3, -0.25) is 4.79 Å². The number of carbonyl (C=O) groups is 1. The van der Waals surface area contributed by atoms with E-state index in [0.29, 0.717) is 12.8 Å². The number of Topliss-reactive ketones (excluding diaryl/α,β-unsaturated/α-hetero) is 1. The summed E-state index contributed by atoms with van der Waals surface area (Å²) in [7, 11) is 0. The third-order valence-electron chi connectivity index (χ3n) is 4.96. The number of carbonyl (C=O) groups excluding carboxylic acids is 1. The summed E-state index contributed by atoms with van der Waals surface area (Å²) in [6.45, 7) is 7.80. The first kappa shape index (κ1) is 21.6. The molecule has 0 aromatic heterocycles. The molecule has 22 heavy (non-hydrogen) atoms. The van der Waals surface area contributed by atoms with E-state index in [1.165, 1.54) is 12.8 Å². The SMILES string of the molecule is CCCCCCC(C)(CO)C(=O)C(C)(CO)CCCCCC. The standard InChI is InChI=1S/C19H38O3/c1-5-7-9-11-13-18(3,15-20)17(22)19(4,16-21)14-12-10-8-6-2/h20-21H,5-16H2,1-4H3. The molecule has 3 nitrogen and oxygen atoms in total. The minimum atomic E-state index is -0.712. The van der Waals surface area contributed by atoms with Crippen LogP contribution in [0.3, 0.4) is 0 Å². The molecule has 0 aromatic rings. The molecule has 3 heteroatoms. The lowest BCUT2D eigenvalue weighted by Crippen LogP contribution is -2.44. The van der Waals surface area contributed by atoms with E-state index < -0.39 is 10.8 Å². The maximum absolute atomic E-state index is 13.0. The number of aliphatic hydroxyl groups excluding tert-OH is 2. The van der Waals surface area contributed by atoms with Crippen LogP contribution in [0.4, 0.5) is 0 Å². The topological polar surface area (TPSA) is 57.5 Å². The van der Waals surface area contributed by atoms with Gasteiger partial charge in [-0.25, -0.2) is 0 Å². The number of rotatable bonds is 14. The Bertz CT molecular complexity index is 275. The van der Waals surface area contributed by atoms with E-state index >= 15 is 0 Å². The molecule has 0 spiro atoms. The predicted molar refractivity (Wildman–Crippen MR) is 92.9 cm³/mol. The number of hydrogen-bond acceptors (Lipinski definition) is 3. The molecule has 0 rings (SSSR count). The molecule has 0 aliphatic rings. The molecule has 0 radical (unpaired) electrons. The summed E-state index contributed by atoms with van der Waals surface area (Å²) < 4.78 is 0. The van der Waals surface area contributed by atoms with E-state index in [9.17, 15) is 15.0 Å². The fourth-order valence-corrected chi connectivity index (χ4v) is 3.14. The predicted octanol–water partition coefficient (Wildman–Crippen LogP) is 4.49. The molecule has 0 aromatic carbocycles. The first-order chi connectivity index (χ1) is 10.4. The van der Waals surface area contributed by atoms with Gasteiger partial charge in [0.05, 0.1) is 13.2 Å². The second-order valence-electron chi connectivity index (χ2n) is 7.39. The van der Waals surface area contributed by atoms with Crippen LogP contribution >= 0.6 is 0 Å². The Morgan fingerprint density at radius 2 is 1.09 bits per heavy atom. The van der Waals surface area contributed by atoms with E-state index in [-0.39, 0.29) is 19.0 Å². The van der Waals surface area contributed by atoms with Crippen molar-refractivity contribution in [3.05, 3.63) is 0 Å². The molecule has 2 N–H and O–H groups in total.